The molecule has 7 nitrogen and oxygen atoms in total. The number of benzene rings is 2. The number of hydrogen-bond acceptors (Lipinski definition) is 5. The van der Waals surface area contributed by atoms with Gasteiger partial charge in [-0.15, -0.1) is 0 Å². The first-order valence-electron chi connectivity index (χ1n) is 15.4. The minimum atomic E-state index is -3.45. The maximum absolute atomic E-state index is 13.4. The Bertz CT molecular complexity index is 1270. The lowest BCUT2D eigenvalue weighted by Gasteiger charge is -2.25. The lowest BCUT2D eigenvalue weighted by atomic mass is 9.86. The maximum atomic E-state index is 13.4. The Morgan fingerprint density at radius 1 is 1.07 bits per heavy atom. The first-order chi connectivity index (χ1) is 20.2. The molecular formula is C33H48N2O5S2. The third kappa shape index (κ3) is 10.1. The summed E-state index contributed by atoms with van der Waals surface area (Å²) in [6, 6.07) is 12.2. The quantitative estimate of drug-likeness (QED) is 0.201. The van der Waals surface area contributed by atoms with Crippen LogP contribution in [0.1, 0.15) is 92.6 Å². The van der Waals surface area contributed by atoms with Gasteiger partial charge in [-0.2, -0.15) is 16.1 Å². The van der Waals surface area contributed by atoms with Crippen molar-refractivity contribution in [1.29, 1.82) is 0 Å². The van der Waals surface area contributed by atoms with E-state index in [1.807, 2.05) is 50.4 Å². The number of aliphatic carboxylic acids is 1. The molecule has 2 aromatic rings. The van der Waals surface area contributed by atoms with Gasteiger partial charge in [-0.1, -0.05) is 75.8 Å². The van der Waals surface area contributed by atoms with Crippen molar-refractivity contribution in [2.24, 2.45) is 5.92 Å². The zero-order valence-corrected chi connectivity index (χ0v) is 27.1. The van der Waals surface area contributed by atoms with Gasteiger partial charge < -0.3 is 10.4 Å². The van der Waals surface area contributed by atoms with Crippen molar-refractivity contribution in [3.05, 3.63) is 59.2 Å². The normalized spacial score (nSPS) is 15.0. The number of sulfonamides is 1. The zero-order chi connectivity index (χ0) is 30.5. The summed E-state index contributed by atoms with van der Waals surface area (Å²) >= 11 is 1.53. The van der Waals surface area contributed by atoms with Gasteiger partial charge in [-0.3, -0.25) is 4.79 Å². The zero-order valence-electron chi connectivity index (χ0n) is 25.4. The first kappa shape index (κ1) is 34.1. The van der Waals surface area contributed by atoms with E-state index in [4.69, 9.17) is 0 Å². The number of thioether (sulfide) groups is 1. The van der Waals surface area contributed by atoms with Gasteiger partial charge in [-0.05, 0) is 84.9 Å². The summed E-state index contributed by atoms with van der Waals surface area (Å²) in [4.78, 5) is 25.3. The van der Waals surface area contributed by atoms with Crippen molar-refractivity contribution >= 4 is 33.7 Å². The summed E-state index contributed by atoms with van der Waals surface area (Å²) in [5, 5.41) is 12.4. The second-order valence-electron chi connectivity index (χ2n) is 11.5. The maximum Gasteiger partial charge on any atom is 0.326 e. The number of rotatable bonds is 17. The number of aryl methyl sites for hydroxylation is 1. The molecule has 1 aliphatic carbocycles. The Hall–Kier alpha value is -2.36. The number of carboxylic acids is 1. The van der Waals surface area contributed by atoms with Crippen LogP contribution in [0.2, 0.25) is 0 Å². The predicted molar refractivity (Wildman–Crippen MR) is 173 cm³/mol. The summed E-state index contributed by atoms with van der Waals surface area (Å²) in [6.45, 7) is 4.69. The summed E-state index contributed by atoms with van der Waals surface area (Å²) in [5.41, 5.74) is 3.69. The molecule has 1 aliphatic rings. The molecule has 2 aromatic carbocycles. The van der Waals surface area contributed by atoms with E-state index < -0.39 is 27.9 Å². The van der Waals surface area contributed by atoms with Crippen molar-refractivity contribution in [2.45, 2.75) is 90.6 Å². The van der Waals surface area contributed by atoms with Crippen LogP contribution in [-0.4, -0.2) is 60.1 Å². The molecule has 0 spiro atoms. The fourth-order valence-electron chi connectivity index (χ4n) is 5.72. The molecule has 1 atom stereocenters. The summed E-state index contributed by atoms with van der Waals surface area (Å²) in [6.07, 6.45) is 11.9. The van der Waals surface area contributed by atoms with E-state index in [0.717, 1.165) is 36.0 Å². The average molecular weight is 617 g/mol. The highest BCUT2D eigenvalue weighted by molar-refractivity contribution is 7.98. The molecule has 42 heavy (non-hydrogen) atoms. The van der Waals surface area contributed by atoms with Crippen LogP contribution in [0.3, 0.4) is 0 Å². The third-order valence-corrected chi connectivity index (χ3v) is 10.8. The molecule has 0 aliphatic heterocycles. The minimum absolute atomic E-state index is 0.130. The van der Waals surface area contributed by atoms with Crippen molar-refractivity contribution in [1.82, 2.24) is 9.62 Å². The van der Waals surface area contributed by atoms with Gasteiger partial charge >= 0.3 is 5.97 Å². The molecule has 1 amide bonds. The van der Waals surface area contributed by atoms with Crippen LogP contribution in [0.5, 0.6) is 0 Å². The van der Waals surface area contributed by atoms with Gasteiger partial charge in [0, 0.05) is 18.7 Å². The molecule has 0 bridgehead atoms. The van der Waals surface area contributed by atoms with Crippen molar-refractivity contribution in [2.75, 3.05) is 24.3 Å². The van der Waals surface area contributed by atoms with Crippen LogP contribution in [0.4, 0.5) is 0 Å². The molecule has 1 saturated carbocycles. The number of carbonyl (C=O) groups is 2. The second kappa shape index (κ2) is 17.1. The molecule has 232 valence electrons. The molecule has 3 rings (SSSR count). The van der Waals surface area contributed by atoms with Crippen molar-refractivity contribution in [3.8, 4) is 11.1 Å². The molecule has 0 unspecified atom stereocenters. The second-order valence-corrected chi connectivity index (χ2v) is 14.6. The standard InChI is InChI=1S/C33H48N2O5S2/c1-4-5-22-42(39,40)35(20-11-15-26-13-7-6-8-14-26)24-27-17-18-29(30(23-27)28-16-10-9-12-25(28)2)32(36)34-31(33(37)38)19-21-41-3/h9-10,12,16-18,23,26,31H,4-8,11,13-15,19-22,24H2,1-3H3,(H,34,36)(H,37,38)/t31-/m0/s1. The highest BCUT2D eigenvalue weighted by Gasteiger charge is 2.25. The van der Waals surface area contributed by atoms with Gasteiger partial charge in [0.15, 0.2) is 0 Å². The van der Waals surface area contributed by atoms with Crippen LogP contribution >= 0.6 is 11.8 Å². The molecule has 9 heteroatoms. The molecular weight excluding hydrogens is 569 g/mol. The molecule has 0 radical (unpaired) electrons. The summed E-state index contributed by atoms with van der Waals surface area (Å²) < 4.78 is 28.5. The number of nitrogens with one attached hydrogen (secondary N) is 1. The first-order valence-corrected chi connectivity index (χ1v) is 18.4. The lowest BCUT2D eigenvalue weighted by molar-refractivity contribution is -0.139. The molecule has 0 saturated heterocycles. The summed E-state index contributed by atoms with van der Waals surface area (Å²) in [5.74, 6) is -0.0787. The predicted octanol–water partition coefficient (Wildman–Crippen LogP) is 6.89. The number of carbonyl (C=O) groups excluding carboxylic acids is 1. The topological polar surface area (TPSA) is 104 Å². The Kier molecular flexibility index (Phi) is 13.9. The number of unbranched alkanes of at least 4 members (excludes halogenated alkanes) is 1. The molecule has 0 heterocycles. The Morgan fingerprint density at radius 3 is 2.48 bits per heavy atom. The van der Waals surface area contributed by atoms with Crippen LogP contribution in [0.25, 0.3) is 11.1 Å². The van der Waals surface area contributed by atoms with E-state index >= 15 is 0 Å². The van der Waals surface area contributed by atoms with Gasteiger partial charge in [0.25, 0.3) is 5.91 Å². The largest absolute Gasteiger partial charge is 0.480 e. The fraction of sp³-hybridized carbons (Fsp3) is 0.576. The SMILES string of the molecule is CCCCS(=O)(=O)N(CCCC1CCCCC1)Cc1ccc(C(=O)N[C@@H](CCSC)C(=O)O)c(-c2ccccc2C)c1. The van der Waals surface area contributed by atoms with Gasteiger partial charge in [0.05, 0.1) is 5.75 Å². The number of carboxylic acid groups (broad SMARTS) is 1. The highest BCUT2D eigenvalue weighted by Crippen LogP contribution is 2.30. The fourth-order valence-corrected chi connectivity index (χ4v) is 7.86. The monoisotopic (exact) mass is 616 g/mol. The smallest absolute Gasteiger partial charge is 0.326 e. The van der Waals surface area contributed by atoms with Crippen LogP contribution < -0.4 is 5.32 Å². The van der Waals surface area contributed by atoms with E-state index in [1.54, 1.807) is 16.4 Å². The van der Waals surface area contributed by atoms with Gasteiger partial charge in [0.1, 0.15) is 6.04 Å². The minimum Gasteiger partial charge on any atom is -0.480 e. The highest BCUT2D eigenvalue weighted by atomic mass is 32.2. The van der Waals surface area contributed by atoms with E-state index in [2.05, 4.69) is 5.32 Å². The van der Waals surface area contributed by atoms with Gasteiger partial charge in [-0.25, -0.2) is 13.2 Å². The molecule has 0 aromatic heterocycles. The van der Waals surface area contributed by atoms with Crippen LogP contribution in [-0.2, 0) is 21.4 Å². The Balaban J connectivity index is 1.91. The number of hydrogen-bond donors (Lipinski definition) is 2. The Morgan fingerprint density at radius 2 is 1.81 bits per heavy atom. The van der Waals surface area contributed by atoms with E-state index in [1.165, 1.54) is 43.9 Å². The van der Waals surface area contributed by atoms with E-state index in [-0.39, 0.29) is 12.3 Å². The molecule has 1 fully saturated rings. The number of nitrogens with zero attached hydrogens (tertiary/aromatic N) is 1. The summed E-state index contributed by atoms with van der Waals surface area (Å²) in [7, 11) is -3.45. The van der Waals surface area contributed by atoms with E-state index in [9.17, 15) is 23.1 Å². The Labute approximate surface area is 256 Å². The lowest BCUT2D eigenvalue weighted by Crippen LogP contribution is -2.41. The number of amides is 1. The average Bonchev–Trinajstić information content (AvgIpc) is 2.98. The molecule has 2 N–H and O–H groups in total. The van der Waals surface area contributed by atoms with Crippen molar-refractivity contribution < 1.29 is 23.1 Å². The van der Waals surface area contributed by atoms with Crippen molar-refractivity contribution in [3.63, 3.8) is 0 Å². The third-order valence-electron chi connectivity index (χ3n) is 8.23. The van der Waals surface area contributed by atoms with Crippen LogP contribution in [0, 0.1) is 12.8 Å². The van der Waals surface area contributed by atoms with Gasteiger partial charge in [0.2, 0.25) is 10.0 Å². The van der Waals surface area contributed by atoms with E-state index in [0.29, 0.717) is 42.2 Å². The van der Waals surface area contributed by atoms with Crippen LogP contribution in [0.15, 0.2) is 42.5 Å².